The van der Waals surface area contributed by atoms with E-state index in [2.05, 4.69) is 237 Å². The van der Waals surface area contributed by atoms with Crippen LogP contribution in [0.4, 0.5) is 0 Å². The molecule has 110 heavy (non-hydrogen) atoms. The molecule has 18 rings (SSSR count). The van der Waals surface area contributed by atoms with Gasteiger partial charge in [0.1, 0.15) is 0 Å². The minimum atomic E-state index is -0.0871. The van der Waals surface area contributed by atoms with E-state index in [1.54, 1.807) is 0 Å². The number of morpholine rings is 2. The maximum absolute atomic E-state index is 12.0. The van der Waals surface area contributed by atoms with Crippen LogP contribution in [-0.4, -0.2) is 341 Å². The zero-order valence-electron chi connectivity index (χ0n) is 75.5. The number of carbonyl (C=O) groups is 3. The molecule has 18 aliphatic heterocycles. The molecule has 11 atom stereocenters. The number of hydrogen-bond acceptors (Lipinski definition) is 18. The number of nitrogens with zero attached hydrogens (tertiary/aromatic N) is 11. The summed E-state index contributed by atoms with van der Waals surface area (Å²) in [6.45, 7) is 82.7. The minimum Gasteiger partial charge on any atom is -0.378 e. The quantitative estimate of drug-likeness (QED) is 0.155. The van der Waals surface area contributed by atoms with Crippen molar-refractivity contribution in [3.05, 3.63) is 0 Å². The second-order valence-electron chi connectivity index (χ2n) is 44.4. The SMILES string of the molecule is CC(C)(C)N1C(=O)CN2CCC1CC2.CC(C)(C)N1CC2CNC(C2)C1.CC(C)(C)N1CC2CNCC2CC1=O.CC(C)(C)N1CC2COCC(CC1=O)N2.CC(C)(C)N1CCC2COCC(C1)N2.CC(C)(C)N1CCCC2CCCN2C1.CC(C)(C)N1CCCC2CCNC2C1.CC(C)(C)N1CCN2CCC1CC2. The van der Waals surface area contributed by atoms with Gasteiger partial charge >= 0.3 is 0 Å². The molecule has 0 radical (unpaired) electrons. The number of hydrogen-bond donors (Lipinski definition) is 5. The molecule has 0 aliphatic carbocycles. The summed E-state index contributed by atoms with van der Waals surface area (Å²) in [6.07, 6.45) is 18.9. The summed E-state index contributed by atoms with van der Waals surface area (Å²) >= 11 is 0. The second kappa shape index (κ2) is 39.1. The first-order valence-electron chi connectivity index (χ1n) is 45.0. The fourth-order valence-corrected chi connectivity index (χ4v) is 20.7. The number of carbonyl (C=O) groups excluding carboxylic acids is 3. The average molecular weight is 1550 g/mol. The van der Waals surface area contributed by atoms with Gasteiger partial charge in [-0.25, -0.2) is 0 Å². The molecule has 0 aromatic rings. The highest BCUT2D eigenvalue weighted by Crippen LogP contribution is 2.35. The molecule has 638 valence electrons. The van der Waals surface area contributed by atoms with Crippen molar-refractivity contribution in [1.82, 2.24) is 80.5 Å². The highest BCUT2D eigenvalue weighted by molar-refractivity contribution is 5.80. The standard InChI is InChI=1S/2C12H24N2.C11H20N2O2.2C11H20N2O.C11H22N2O.C11H22N2.C10H20N2/c1-12(2,3)14-9-5-7-11-6-4-8-13(11)10-14;1-12(2,3)14-8-4-5-10-6-7-13-11(10)9-14;1-11(2,3)13-5-9-7-15-6-8(12-9)4-10(13)14;1-11(2,3)13-7-9-6-12-5-8(9)4-10(13)14;1-11(2,3)13-9-4-6-12(7-5-9)8-10(13)14;1-11(2,3)13-5-4-9-7-14-8-10(6-13)12-9;1-11(2,3)13-9-8-12-6-4-10(13)5-7-12;1-10(2,3)12-6-8-4-9(7-12)11-5-8/h11H,4-10H2,1-3H3;10-11,13H,4-9H2,1-3H3;8-9,12H,4-7H2,1-3H3;8-9,12H,4-7H2,1-3H3;9H,4-8H2,1-3H3;9-10,12H,4-8H2,1-3H3;10H,4-9H2,1-3H3;8-9,11H,4-7H2,1-3H3. The van der Waals surface area contributed by atoms with Gasteiger partial charge in [0.05, 0.1) is 39.6 Å². The van der Waals surface area contributed by atoms with E-state index in [-0.39, 0.29) is 28.6 Å². The molecular formula is C89H172N16O5. The summed E-state index contributed by atoms with van der Waals surface area (Å²) in [7, 11) is 0. The molecule has 10 bridgehead atoms. The van der Waals surface area contributed by atoms with Crippen LogP contribution in [0.3, 0.4) is 0 Å². The number of fused-ring (bicyclic) bond motifs is 17. The Morgan fingerprint density at radius 3 is 1.49 bits per heavy atom. The van der Waals surface area contributed by atoms with Crippen LogP contribution in [-0.2, 0) is 23.9 Å². The number of nitrogens with one attached hydrogen (secondary N) is 5. The van der Waals surface area contributed by atoms with Crippen LogP contribution in [0.1, 0.15) is 262 Å². The lowest BCUT2D eigenvalue weighted by atomic mass is 9.86. The maximum Gasteiger partial charge on any atom is 0.237 e. The number of amides is 3. The molecule has 11 unspecified atom stereocenters. The summed E-state index contributed by atoms with van der Waals surface area (Å²) in [5.74, 6) is 4.06. The lowest BCUT2D eigenvalue weighted by Crippen LogP contribution is -2.52. The molecule has 5 N–H and O–H groups in total. The van der Waals surface area contributed by atoms with Crippen molar-refractivity contribution in [2.45, 2.75) is 361 Å². The first-order chi connectivity index (χ1) is 51.3. The third-order valence-electron chi connectivity index (χ3n) is 27.3. The van der Waals surface area contributed by atoms with E-state index in [9.17, 15) is 14.4 Å². The maximum atomic E-state index is 12.0. The van der Waals surface area contributed by atoms with Crippen molar-refractivity contribution >= 4 is 17.7 Å². The number of rotatable bonds is 0. The number of likely N-dealkylation sites (tertiary alicyclic amines) is 3. The van der Waals surface area contributed by atoms with E-state index in [0.717, 1.165) is 121 Å². The lowest BCUT2D eigenvalue weighted by molar-refractivity contribution is -0.142. The van der Waals surface area contributed by atoms with Gasteiger partial charge in [0.2, 0.25) is 17.7 Å². The van der Waals surface area contributed by atoms with Gasteiger partial charge in [0.15, 0.2) is 0 Å². The highest BCUT2D eigenvalue weighted by Gasteiger charge is 2.45. The molecule has 0 aromatic carbocycles. The van der Waals surface area contributed by atoms with Crippen LogP contribution in [0.5, 0.6) is 0 Å². The minimum absolute atomic E-state index is 0.00928. The first kappa shape index (κ1) is 91.7. The monoisotopic (exact) mass is 1550 g/mol. The summed E-state index contributed by atoms with van der Waals surface area (Å²) < 4.78 is 11.1. The Hall–Kier alpha value is -2.19. The van der Waals surface area contributed by atoms with Crippen LogP contribution in [0, 0.1) is 23.7 Å². The van der Waals surface area contributed by atoms with Crippen molar-refractivity contribution in [3.63, 3.8) is 0 Å². The molecular weight excluding hydrogens is 1370 g/mol. The van der Waals surface area contributed by atoms with Crippen molar-refractivity contribution in [2.75, 3.05) is 171 Å². The van der Waals surface area contributed by atoms with Crippen molar-refractivity contribution in [2.24, 2.45) is 23.7 Å². The molecule has 0 spiro atoms. The molecule has 0 aromatic heterocycles. The summed E-state index contributed by atoms with van der Waals surface area (Å²) in [4.78, 5) is 62.8. The van der Waals surface area contributed by atoms with E-state index in [4.69, 9.17) is 9.47 Å². The topological polar surface area (TPSA) is 165 Å². The molecule has 18 aliphatic rings. The lowest BCUT2D eigenvalue weighted by Gasteiger charge is -2.42. The molecule has 18 saturated heterocycles. The van der Waals surface area contributed by atoms with Gasteiger partial charge in [-0.1, -0.05) is 0 Å². The van der Waals surface area contributed by atoms with Crippen LogP contribution >= 0.6 is 0 Å². The second-order valence-corrected chi connectivity index (χ2v) is 44.4. The molecule has 0 saturated carbocycles. The van der Waals surface area contributed by atoms with Crippen LogP contribution in [0.2, 0.25) is 0 Å². The molecule has 18 heterocycles. The number of piperidine rings is 4. The summed E-state index contributed by atoms with van der Waals surface area (Å²) in [6, 6.07) is 5.44. The molecule has 21 nitrogen and oxygen atoms in total. The number of ether oxygens (including phenoxy) is 2. The van der Waals surface area contributed by atoms with E-state index in [1.165, 1.54) is 162 Å². The van der Waals surface area contributed by atoms with Crippen molar-refractivity contribution in [1.29, 1.82) is 0 Å². The summed E-state index contributed by atoms with van der Waals surface area (Å²) in [5.41, 5.74) is 1.60. The fourth-order valence-electron chi connectivity index (χ4n) is 20.7. The smallest absolute Gasteiger partial charge is 0.237 e. The fraction of sp³-hybridized carbons (Fsp3) is 0.966. The zero-order chi connectivity index (χ0) is 80.5. The Labute approximate surface area is 674 Å². The van der Waals surface area contributed by atoms with Crippen LogP contribution in [0.15, 0.2) is 0 Å². The van der Waals surface area contributed by atoms with Crippen molar-refractivity contribution < 1.29 is 23.9 Å². The first-order valence-corrected chi connectivity index (χ1v) is 45.0. The average Bonchev–Trinajstić information content (AvgIpc) is 1.82. The van der Waals surface area contributed by atoms with E-state index >= 15 is 0 Å². The van der Waals surface area contributed by atoms with Gasteiger partial charge in [0.25, 0.3) is 0 Å². The molecule has 18 fully saturated rings. The predicted octanol–water partition coefficient (Wildman–Crippen LogP) is 9.97. The van der Waals surface area contributed by atoms with Gasteiger partial charge < -0.3 is 55.7 Å². The van der Waals surface area contributed by atoms with Gasteiger partial charge in [-0.3, -0.25) is 48.7 Å². The molecule has 3 amide bonds. The van der Waals surface area contributed by atoms with E-state index < -0.39 is 0 Å². The zero-order valence-corrected chi connectivity index (χ0v) is 75.5. The largest absolute Gasteiger partial charge is 0.378 e. The normalized spacial score (nSPS) is 34.3. The third kappa shape index (κ3) is 27.2. The van der Waals surface area contributed by atoms with Gasteiger partial charge in [-0.2, -0.15) is 0 Å². The van der Waals surface area contributed by atoms with E-state index in [0.29, 0.717) is 95.1 Å². The Morgan fingerprint density at radius 2 is 0.882 bits per heavy atom. The Morgan fingerprint density at radius 1 is 0.355 bits per heavy atom. The Bertz CT molecular complexity index is 2720. The third-order valence-corrected chi connectivity index (χ3v) is 27.3. The Kier molecular flexibility index (Phi) is 32.6. The van der Waals surface area contributed by atoms with Gasteiger partial charge in [0, 0.05) is 184 Å². The van der Waals surface area contributed by atoms with E-state index in [1.807, 2.05) is 9.80 Å². The highest BCUT2D eigenvalue weighted by atomic mass is 16.5. The van der Waals surface area contributed by atoms with Gasteiger partial charge in [-0.05, 0) is 332 Å². The molecule has 21 heteroatoms. The Balaban J connectivity index is 0.000000145. The predicted molar refractivity (Wildman–Crippen MR) is 455 cm³/mol. The van der Waals surface area contributed by atoms with Crippen LogP contribution in [0.25, 0.3) is 0 Å². The van der Waals surface area contributed by atoms with Gasteiger partial charge in [-0.15, -0.1) is 0 Å². The van der Waals surface area contributed by atoms with Crippen LogP contribution < -0.4 is 26.6 Å². The summed E-state index contributed by atoms with van der Waals surface area (Å²) in [5, 5.41) is 17.7. The van der Waals surface area contributed by atoms with Crippen molar-refractivity contribution in [3.8, 4) is 0 Å².